The molecule has 0 bridgehead atoms. The summed E-state index contributed by atoms with van der Waals surface area (Å²) in [5.41, 5.74) is 6.94. The molecule has 1 saturated carbocycles. The Morgan fingerprint density at radius 3 is 2.78 bits per heavy atom. The molecule has 1 aliphatic carbocycles. The van der Waals surface area contributed by atoms with Gasteiger partial charge in [-0.25, -0.2) is 4.79 Å². The smallest absolute Gasteiger partial charge is 0.350 e. The third kappa shape index (κ3) is 2.59. The van der Waals surface area contributed by atoms with Gasteiger partial charge in [-0.15, -0.1) is 23.1 Å². The molecule has 6 heteroatoms. The second kappa shape index (κ2) is 5.01. The Kier molecular flexibility index (Phi) is 3.77. The van der Waals surface area contributed by atoms with Gasteiger partial charge in [-0.05, 0) is 24.5 Å². The van der Waals surface area contributed by atoms with Crippen LogP contribution in [-0.2, 0) is 4.74 Å². The topological polar surface area (TPSA) is 64.3 Å². The largest absolute Gasteiger partial charge is 0.465 e. The van der Waals surface area contributed by atoms with Crippen LogP contribution in [0.5, 0.6) is 0 Å². The predicted molar refractivity (Wildman–Crippen MR) is 77.7 cm³/mol. The minimum Gasteiger partial charge on any atom is -0.465 e. The zero-order valence-corrected chi connectivity index (χ0v) is 12.5. The monoisotopic (exact) mass is 286 g/mol. The van der Waals surface area contributed by atoms with E-state index in [0.717, 1.165) is 16.4 Å². The molecule has 100 valence electrons. The zero-order valence-electron chi connectivity index (χ0n) is 10.8. The Morgan fingerprint density at radius 1 is 1.61 bits per heavy atom. The molecular formula is C12H18N2O2S2. The van der Waals surface area contributed by atoms with Crippen LogP contribution in [0.4, 0.5) is 10.7 Å². The molecule has 1 aliphatic rings. The number of carbonyl (C=O) groups excluding carboxylic acids is 1. The SMILES string of the molecule is COC(=O)c1sc(NCC2(C)CC2)c(SC)c1N. The van der Waals surface area contributed by atoms with Crippen molar-refractivity contribution < 1.29 is 9.53 Å². The van der Waals surface area contributed by atoms with Crippen LogP contribution in [0.1, 0.15) is 29.4 Å². The van der Waals surface area contributed by atoms with E-state index in [1.165, 1.54) is 31.3 Å². The summed E-state index contributed by atoms with van der Waals surface area (Å²) in [6, 6.07) is 0. The third-order valence-electron chi connectivity index (χ3n) is 3.25. The van der Waals surface area contributed by atoms with Gasteiger partial charge in [0.2, 0.25) is 0 Å². The van der Waals surface area contributed by atoms with Gasteiger partial charge in [0.1, 0.15) is 9.88 Å². The molecule has 0 radical (unpaired) electrons. The Morgan fingerprint density at radius 2 is 2.28 bits per heavy atom. The van der Waals surface area contributed by atoms with Crippen LogP contribution < -0.4 is 11.1 Å². The minimum atomic E-state index is -0.363. The highest BCUT2D eigenvalue weighted by Crippen LogP contribution is 2.47. The van der Waals surface area contributed by atoms with Crippen molar-refractivity contribution in [1.82, 2.24) is 0 Å². The second-order valence-corrected chi connectivity index (χ2v) is 6.70. The maximum atomic E-state index is 11.6. The highest BCUT2D eigenvalue weighted by molar-refractivity contribution is 7.99. The van der Waals surface area contributed by atoms with Crippen LogP contribution in [0, 0.1) is 5.41 Å². The molecule has 1 aromatic rings. The lowest BCUT2D eigenvalue weighted by atomic mass is 10.1. The first-order chi connectivity index (χ1) is 8.50. The number of nitrogen functional groups attached to an aromatic ring is 1. The molecule has 4 nitrogen and oxygen atoms in total. The lowest BCUT2D eigenvalue weighted by molar-refractivity contribution is 0.0607. The lowest BCUT2D eigenvalue weighted by Crippen LogP contribution is -2.11. The van der Waals surface area contributed by atoms with Crippen molar-refractivity contribution in [3.05, 3.63) is 4.88 Å². The average molecular weight is 286 g/mol. The van der Waals surface area contributed by atoms with E-state index in [4.69, 9.17) is 10.5 Å². The first-order valence-electron chi connectivity index (χ1n) is 5.79. The molecule has 1 heterocycles. The molecule has 3 N–H and O–H groups in total. The summed E-state index contributed by atoms with van der Waals surface area (Å²) in [7, 11) is 1.37. The van der Waals surface area contributed by atoms with Crippen LogP contribution in [0.25, 0.3) is 0 Å². The molecule has 0 atom stereocenters. The highest BCUT2D eigenvalue weighted by Gasteiger charge is 2.37. The summed E-state index contributed by atoms with van der Waals surface area (Å²) in [6.07, 6.45) is 4.49. The molecule has 0 spiro atoms. The Bertz CT molecular complexity index is 467. The van der Waals surface area contributed by atoms with Crippen molar-refractivity contribution in [3.8, 4) is 0 Å². The summed E-state index contributed by atoms with van der Waals surface area (Å²) in [6.45, 7) is 3.19. The summed E-state index contributed by atoms with van der Waals surface area (Å²) >= 11 is 2.94. The van der Waals surface area contributed by atoms with Crippen LogP contribution >= 0.6 is 23.1 Å². The van der Waals surface area contributed by atoms with Crippen LogP contribution in [0.15, 0.2) is 4.90 Å². The number of hydrogen-bond acceptors (Lipinski definition) is 6. The molecule has 0 saturated heterocycles. The zero-order chi connectivity index (χ0) is 13.3. The molecule has 1 fully saturated rings. The maximum Gasteiger partial charge on any atom is 0.350 e. The number of anilines is 2. The van der Waals surface area contributed by atoms with E-state index in [-0.39, 0.29) is 5.97 Å². The number of hydrogen-bond donors (Lipinski definition) is 2. The minimum absolute atomic E-state index is 0.363. The van der Waals surface area contributed by atoms with Crippen molar-refractivity contribution >= 4 is 39.8 Å². The Hall–Kier alpha value is -0.880. The van der Waals surface area contributed by atoms with Gasteiger partial charge in [0.05, 0.1) is 17.7 Å². The molecule has 1 aromatic heterocycles. The third-order valence-corrected chi connectivity index (χ3v) is 5.36. The first kappa shape index (κ1) is 13.5. The van der Waals surface area contributed by atoms with Crippen LogP contribution in [-0.4, -0.2) is 25.9 Å². The van der Waals surface area contributed by atoms with Gasteiger partial charge in [0, 0.05) is 6.54 Å². The summed E-state index contributed by atoms with van der Waals surface area (Å²) in [5, 5.41) is 4.40. The van der Waals surface area contributed by atoms with Crippen molar-refractivity contribution in [1.29, 1.82) is 0 Å². The van der Waals surface area contributed by atoms with E-state index in [1.807, 2.05) is 6.26 Å². The van der Waals surface area contributed by atoms with Crippen LogP contribution in [0.3, 0.4) is 0 Å². The predicted octanol–water partition coefficient (Wildman–Crippen LogP) is 3.05. The molecule has 2 rings (SSSR count). The van der Waals surface area contributed by atoms with Gasteiger partial charge in [0.25, 0.3) is 0 Å². The first-order valence-corrected chi connectivity index (χ1v) is 7.83. The number of thiophene rings is 1. The maximum absolute atomic E-state index is 11.6. The van der Waals surface area contributed by atoms with Gasteiger partial charge in [0.15, 0.2) is 0 Å². The molecule has 0 aliphatic heterocycles. The number of thioether (sulfide) groups is 1. The van der Waals surface area contributed by atoms with E-state index >= 15 is 0 Å². The molecule has 0 aromatic carbocycles. The molecule has 18 heavy (non-hydrogen) atoms. The fourth-order valence-corrected chi connectivity index (χ4v) is 3.62. The fraction of sp³-hybridized carbons (Fsp3) is 0.583. The van der Waals surface area contributed by atoms with Gasteiger partial charge < -0.3 is 15.8 Å². The van der Waals surface area contributed by atoms with E-state index in [2.05, 4.69) is 12.2 Å². The number of methoxy groups -OCH3 is 1. The molecule has 0 amide bonds. The quantitative estimate of drug-likeness (QED) is 0.643. The van der Waals surface area contributed by atoms with Gasteiger partial charge >= 0.3 is 5.97 Å². The van der Waals surface area contributed by atoms with E-state index in [1.54, 1.807) is 11.8 Å². The van der Waals surface area contributed by atoms with Crippen molar-refractivity contribution in [3.63, 3.8) is 0 Å². The molecule has 0 unspecified atom stereocenters. The second-order valence-electron chi connectivity index (χ2n) is 4.86. The van der Waals surface area contributed by atoms with Crippen LogP contribution in [0.2, 0.25) is 0 Å². The standard InChI is InChI=1S/C12H18N2O2S2/c1-12(4-5-12)6-14-10-8(17-3)7(13)9(18-10)11(15)16-2/h14H,4-6,13H2,1-3H3. The van der Waals surface area contributed by atoms with Gasteiger partial charge in [-0.1, -0.05) is 6.92 Å². The van der Waals surface area contributed by atoms with E-state index in [0.29, 0.717) is 16.0 Å². The summed E-state index contributed by atoms with van der Waals surface area (Å²) < 4.78 is 4.74. The number of ether oxygens (including phenoxy) is 1. The van der Waals surface area contributed by atoms with Gasteiger partial charge in [-0.3, -0.25) is 0 Å². The number of rotatable bonds is 5. The van der Waals surface area contributed by atoms with Crippen molar-refractivity contribution in [2.24, 2.45) is 5.41 Å². The summed E-state index contributed by atoms with van der Waals surface area (Å²) in [5.74, 6) is -0.363. The number of nitrogens with two attached hydrogens (primary N) is 1. The Balaban J connectivity index is 2.20. The average Bonchev–Trinajstić information content (AvgIpc) is 3.00. The number of nitrogens with one attached hydrogen (secondary N) is 1. The van der Waals surface area contributed by atoms with Crippen molar-refractivity contribution in [2.45, 2.75) is 24.7 Å². The number of carbonyl (C=O) groups is 1. The Labute approximate surface area is 115 Å². The van der Waals surface area contributed by atoms with Gasteiger partial charge in [-0.2, -0.15) is 0 Å². The highest BCUT2D eigenvalue weighted by atomic mass is 32.2. The summed E-state index contributed by atoms with van der Waals surface area (Å²) in [4.78, 5) is 13.0. The lowest BCUT2D eigenvalue weighted by Gasteiger charge is -2.10. The molecular weight excluding hydrogens is 268 g/mol. The van der Waals surface area contributed by atoms with E-state index < -0.39 is 0 Å². The number of esters is 1. The normalized spacial score (nSPS) is 16.4. The fourth-order valence-electron chi connectivity index (χ4n) is 1.68. The van der Waals surface area contributed by atoms with Crippen molar-refractivity contribution in [2.75, 3.05) is 31.0 Å². The van der Waals surface area contributed by atoms with E-state index in [9.17, 15) is 4.79 Å².